The fraction of sp³-hybridized carbons (Fsp3) is 0.500. The van der Waals surface area contributed by atoms with E-state index in [1.54, 1.807) is 14.0 Å². The van der Waals surface area contributed by atoms with Crippen molar-refractivity contribution in [3.63, 3.8) is 0 Å². The van der Waals surface area contributed by atoms with Gasteiger partial charge in [0, 0.05) is 25.2 Å². The molecule has 3 nitrogen and oxygen atoms in total. The number of methoxy groups -OCH3 is 1. The van der Waals surface area contributed by atoms with Gasteiger partial charge >= 0.3 is 0 Å². The molecule has 0 fully saturated rings. The second-order valence-corrected chi connectivity index (χ2v) is 4.66. The topological polar surface area (TPSA) is 32.7 Å². The van der Waals surface area contributed by atoms with Gasteiger partial charge in [-0.15, -0.1) is 0 Å². The van der Waals surface area contributed by atoms with Crippen LogP contribution in [0.1, 0.15) is 18.6 Å². The van der Waals surface area contributed by atoms with Crippen molar-refractivity contribution in [2.75, 3.05) is 32.2 Å². The van der Waals surface area contributed by atoms with Crippen molar-refractivity contribution in [1.29, 1.82) is 0 Å². The number of hydrogen-bond donors (Lipinski definition) is 1. The lowest BCUT2D eigenvalue weighted by Gasteiger charge is -2.21. The number of benzene rings is 1. The van der Waals surface area contributed by atoms with Gasteiger partial charge in [-0.1, -0.05) is 6.07 Å². The zero-order valence-corrected chi connectivity index (χ0v) is 11.5. The molecule has 1 unspecified atom stereocenters. The molecule has 1 atom stereocenters. The molecule has 0 radical (unpaired) electrons. The standard InChI is InChI=1S/C12H18BrNO2/c1-9(15)10-4-5-12(11(13)8-10)14(2)6-7-16-3/h4-5,8-9,15H,6-7H2,1-3H3. The molecule has 0 heterocycles. The number of ether oxygens (including phenoxy) is 1. The van der Waals surface area contributed by atoms with Crippen LogP contribution < -0.4 is 4.90 Å². The minimum absolute atomic E-state index is 0.436. The van der Waals surface area contributed by atoms with E-state index in [0.29, 0.717) is 6.61 Å². The van der Waals surface area contributed by atoms with E-state index in [1.807, 2.05) is 25.2 Å². The van der Waals surface area contributed by atoms with E-state index in [9.17, 15) is 5.11 Å². The molecular weight excluding hydrogens is 270 g/mol. The molecule has 1 aromatic carbocycles. The van der Waals surface area contributed by atoms with E-state index in [1.165, 1.54) is 0 Å². The molecule has 1 rings (SSSR count). The third-order valence-corrected chi connectivity index (χ3v) is 3.13. The Morgan fingerprint density at radius 1 is 1.50 bits per heavy atom. The Balaban J connectivity index is 2.81. The number of aliphatic hydroxyl groups excluding tert-OH is 1. The van der Waals surface area contributed by atoms with Gasteiger partial charge in [0.2, 0.25) is 0 Å². The summed E-state index contributed by atoms with van der Waals surface area (Å²) in [5, 5.41) is 9.46. The van der Waals surface area contributed by atoms with Crippen LogP contribution in [-0.4, -0.2) is 32.4 Å². The fourth-order valence-corrected chi connectivity index (χ4v) is 2.14. The lowest BCUT2D eigenvalue weighted by atomic mass is 10.1. The lowest BCUT2D eigenvalue weighted by molar-refractivity contribution is 0.199. The minimum Gasteiger partial charge on any atom is -0.389 e. The highest BCUT2D eigenvalue weighted by Crippen LogP contribution is 2.28. The third-order valence-electron chi connectivity index (χ3n) is 2.50. The molecule has 1 aromatic rings. The molecule has 0 aliphatic heterocycles. The second kappa shape index (κ2) is 6.23. The van der Waals surface area contributed by atoms with Crippen LogP contribution in [0.15, 0.2) is 22.7 Å². The van der Waals surface area contributed by atoms with Gasteiger partial charge in [-0.3, -0.25) is 0 Å². The highest BCUT2D eigenvalue weighted by atomic mass is 79.9. The van der Waals surface area contributed by atoms with Gasteiger partial charge < -0.3 is 14.7 Å². The van der Waals surface area contributed by atoms with Crippen molar-refractivity contribution in [1.82, 2.24) is 0 Å². The highest BCUT2D eigenvalue weighted by Gasteiger charge is 2.08. The molecule has 0 aromatic heterocycles. The van der Waals surface area contributed by atoms with E-state index in [2.05, 4.69) is 20.8 Å². The molecule has 0 saturated carbocycles. The van der Waals surface area contributed by atoms with E-state index >= 15 is 0 Å². The average molecular weight is 288 g/mol. The third kappa shape index (κ3) is 3.47. The molecule has 16 heavy (non-hydrogen) atoms. The summed E-state index contributed by atoms with van der Waals surface area (Å²) in [6.07, 6.45) is -0.436. The van der Waals surface area contributed by atoms with Crippen LogP contribution >= 0.6 is 15.9 Å². The Labute approximate surface area is 105 Å². The van der Waals surface area contributed by atoms with Crippen molar-refractivity contribution in [2.24, 2.45) is 0 Å². The molecule has 0 bridgehead atoms. The predicted molar refractivity (Wildman–Crippen MR) is 69.9 cm³/mol. The number of anilines is 1. The number of hydrogen-bond acceptors (Lipinski definition) is 3. The zero-order valence-electron chi connectivity index (χ0n) is 9.90. The Bertz CT molecular complexity index is 342. The van der Waals surface area contributed by atoms with Crippen LogP contribution in [0.3, 0.4) is 0 Å². The number of rotatable bonds is 5. The Kier molecular flexibility index (Phi) is 5.25. The van der Waals surface area contributed by atoms with Crippen molar-refractivity contribution < 1.29 is 9.84 Å². The van der Waals surface area contributed by atoms with E-state index < -0.39 is 6.10 Å². The summed E-state index contributed by atoms with van der Waals surface area (Å²) < 4.78 is 6.03. The highest BCUT2D eigenvalue weighted by molar-refractivity contribution is 9.10. The first-order valence-electron chi connectivity index (χ1n) is 5.24. The maximum absolute atomic E-state index is 9.46. The minimum atomic E-state index is -0.436. The molecule has 0 amide bonds. The van der Waals surface area contributed by atoms with Crippen LogP contribution in [0.25, 0.3) is 0 Å². The van der Waals surface area contributed by atoms with E-state index in [4.69, 9.17) is 4.74 Å². The van der Waals surface area contributed by atoms with Crippen LogP contribution in [-0.2, 0) is 4.74 Å². The molecule has 0 saturated heterocycles. The van der Waals surface area contributed by atoms with Gasteiger partial charge in [-0.25, -0.2) is 0 Å². The first kappa shape index (κ1) is 13.5. The van der Waals surface area contributed by atoms with E-state index in [0.717, 1.165) is 22.3 Å². The quantitative estimate of drug-likeness (QED) is 0.904. The van der Waals surface area contributed by atoms with Crippen LogP contribution in [0.2, 0.25) is 0 Å². The molecule has 1 N–H and O–H groups in total. The summed E-state index contributed by atoms with van der Waals surface area (Å²) in [6, 6.07) is 5.89. The average Bonchev–Trinajstić information content (AvgIpc) is 2.25. The maximum atomic E-state index is 9.46. The van der Waals surface area contributed by atoms with Gasteiger partial charge in [0.15, 0.2) is 0 Å². The van der Waals surface area contributed by atoms with Crippen molar-refractivity contribution >= 4 is 21.6 Å². The molecule has 0 aliphatic carbocycles. The smallest absolute Gasteiger partial charge is 0.0762 e. The Morgan fingerprint density at radius 3 is 2.69 bits per heavy atom. The normalized spacial score (nSPS) is 12.6. The predicted octanol–water partition coefficient (Wildman–Crippen LogP) is 2.59. The first-order chi connectivity index (χ1) is 7.56. The van der Waals surface area contributed by atoms with Crippen molar-refractivity contribution in [2.45, 2.75) is 13.0 Å². The number of aliphatic hydroxyl groups is 1. The van der Waals surface area contributed by atoms with Crippen LogP contribution in [0.5, 0.6) is 0 Å². The summed E-state index contributed by atoms with van der Waals surface area (Å²) in [5.41, 5.74) is 2.01. The molecule has 0 aliphatic rings. The Hall–Kier alpha value is -0.580. The molecule has 0 spiro atoms. The molecular formula is C12H18BrNO2. The van der Waals surface area contributed by atoms with E-state index in [-0.39, 0.29) is 0 Å². The first-order valence-corrected chi connectivity index (χ1v) is 6.03. The number of nitrogens with zero attached hydrogens (tertiary/aromatic N) is 1. The van der Waals surface area contributed by atoms with Crippen LogP contribution in [0.4, 0.5) is 5.69 Å². The van der Waals surface area contributed by atoms with Gasteiger partial charge in [0.05, 0.1) is 18.4 Å². The largest absolute Gasteiger partial charge is 0.389 e. The van der Waals surface area contributed by atoms with Gasteiger partial charge in [0.1, 0.15) is 0 Å². The maximum Gasteiger partial charge on any atom is 0.0762 e. The van der Waals surface area contributed by atoms with Crippen molar-refractivity contribution in [3.8, 4) is 0 Å². The van der Waals surface area contributed by atoms with Crippen LogP contribution in [0, 0.1) is 0 Å². The van der Waals surface area contributed by atoms with Gasteiger partial charge in [-0.05, 0) is 40.5 Å². The summed E-state index contributed by atoms with van der Waals surface area (Å²) in [7, 11) is 3.71. The fourth-order valence-electron chi connectivity index (χ4n) is 1.44. The summed E-state index contributed by atoms with van der Waals surface area (Å²) in [6.45, 7) is 3.29. The number of halogens is 1. The zero-order chi connectivity index (χ0) is 12.1. The van der Waals surface area contributed by atoms with Crippen molar-refractivity contribution in [3.05, 3.63) is 28.2 Å². The summed E-state index contributed by atoms with van der Waals surface area (Å²) in [4.78, 5) is 2.11. The van der Waals surface area contributed by atoms with Gasteiger partial charge in [0.25, 0.3) is 0 Å². The Morgan fingerprint density at radius 2 is 2.19 bits per heavy atom. The number of likely N-dealkylation sites (N-methyl/N-ethyl adjacent to an activating group) is 1. The molecule has 4 heteroatoms. The second-order valence-electron chi connectivity index (χ2n) is 3.80. The molecule has 90 valence electrons. The lowest BCUT2D eigenvalue weighted by Crippen LogP contribution is -2.22. The monoisotopic (exact) mass is 287 g/mol. The summed E-state index contributed by atoms with van der Waals surface area (Å²) in [5.74, 6) is 0. The SMILES string of the molecule is COCCN(C)c1ccc(C(C)O)cc1Br. The van der Waals surface area contributed by atoms with Gasteiger partial charge in [-0.2, -0.15) is 0 Å². The summed E-state index contributed by atoms with van der Waals surface area (Å²) >= 11 is 3.51.